The fraction of sp³-hybridized carbons (Fsp3) is 0.500. The molecular weight excluding hydrogens is 316 g/mol. The molecule has 1 spiro atoms. The van der Waals surface area contributed by atoms with E-state index in [-0.39, 0.29) is 24.2 Å². The Bertz CT molecular complexity index is 626. The second-order valence-electron chi connectivity index (χ2n) is 5.87. The summed E-state index contributed by atoms with van der Waals surface area (Å²) in [6.07, 6.45) is 1.11. The van der Waals surface area contributed by atoms with Crippen molar-refractivity contribution in [3.63, 3.8) is 0 Å². The summed E-state index contributed by atoms with van der Waals surface area (Å²) in [5.41, 5.74) is 0. The number of benzene rings is 1. The lowest BCUT2D eigenvalue weighted by molar-refractivity contribution is -0.136. The Morgan fingerprint density at radius 3 is 2.48 bits per heavy atom. The lowest BCUT2D eigenvalue weighted by Crippen LogP contribution is -2.54. The maximum atomic E-state index is 12.3. The molecule has 1 aromatic rings. The summed E-state index contributed by atoms with van der Waals surface area (Å²) in [6, 6.07) is 9.21. The van der Waals surface area contributed by atoms with Gasteiger partial charge >= 0.3 is 0 Å². The Balaban J connectivity index is 1.55. The van der Waals surface area contributed by atoms with E-state index >= 15 is 0 Å². The van der Waals surface area contributed by atoms with Crippen molar-refractivity contribution in [3.8, 4) is 5.75 Å². The molecule has 7 heteroatoms. The highest BCUT2D eigenvalue weighted by Gasteiger charge is 2.51. The molecule has 0 N–H and O–H groups in total. The lowest BCUT2D eigenvalue weighted by atomic mass is 10.0. The molecule has 124 valence electrons. The molecule has 1 unspecified atom stereocenters. The molecule has 0 aliphatic carbocycles. The Kier molecular flexibility index (Phi) is 4.39. The van der Waals surface area contributed by atoms with Crippen LogP contribution < -0.4 is 4.74 Å². The number of piperidine rings is 1. The van der Waals surface area contributed by atoms with Gasteiger partial charge < -0.3 is 14.5 Å². The quantitative estimate of drug-likeness (QED) is 0.811. The highest BCUT2D eigenvalue weighted by Crippen LogP contribution is 2.36. The third kappa shape index (κ3) is 2.97. The summed E-state index contributed by atoms with van der Waals surface area (Å²) in [5.74, 6) is 0.607. The maximum Gasteiger partial charge on any atom is 0.260 e. The van der Waals surface area contributed by atoms with E-state index in [0.29, 0.717) is 31.7 Å². The minimum absolute atomic E-state index is 0.00509. The molecule has 2 aliphatic rings. The molecule has 0 radical (unpaired) electrons. The zero-order valence-corrected chi connectivity index (χ0v) is 13.9. The summed E-state index contributed by atoms with van der Waals surface area (Å²) in [7, 11) is 0.529. The van der Waals surface area contributed by atoms with Crippen LogP contribution in [0.5, 0.6) is 5.75 Å². The largest absolute Gasteiger partial charge is 0.484 e. The number of hydrogen-bond donors (Lipinski definition) is 0. The summed E-state index contributed by atoms with van der Waals surface area (Å²) >= 11 is 0. The summed E-state index contributed by atoms with van der Waals surface area (Å²) in [5, 5.41) is 0. The van der Waals surface area contributed by atoms with Crippen molar-refractivity contribution >= 4 is 22.6 Å². The van der Waals surface area contributed by atoms with Crippen molar-refractivity contribution in [2.75, 3.05) is 32.5 Å². The summed E-state index contributed by atoms with van der Waals surface area (Å²) < 4.78 is 17.8. The van der Waals surface area contributed by atoms with Gasteiger partial charge in [-0.3, -0.25) is 13.8 Å². The first-order chi connectivity index (χ1) is 11.0. The molecule has 0 bridgehead atoms. The molecule has 2 saturated heterocycles. The van der Waals surface area contributed by atoms with Crippen LogP contribution in [0.25, 0.3) is 0 Å². The Labute approximate surface area is 137 Å². The lowest BCUT2D eigenvalue weighted by Gasteiger charge is -2.42. The molecule has 1 atom stereocenters. The summed E-state index contributed by atoms with van der Waals surface area (Å²) in [6.45, 7) is 0.996. The number of amides is 2. The molecule has 0 saturated carbocycles. The molecule has 2 fully saturated rings. The number of rotatable bonds is 3. The molecule has 2 heterocycles. The molecule has 3 rings (SSSR count). The zero-order valence-electron chi connectivity index (χ0n) is 13.1. The average Bonchev–Trinajstić information content (AvgIpc) is 2.78. The van der Waals surface area contributed by atoms with E-state index in [9.17, 15) is 13.8 Å². The second-order valence-corrected chi connectivity index (χ2v) is 7.61. The minimum atomic E-state index is -1.18. The number of carbonyl (C=O) groups excluding carboxylic acids is 2. The predicted molar refractivity (Wildman–Crippen MR) is 86.3 cm³/mol. The topological polar surface area (TPSA) is 66.9 Å². The van der Waals surface area contributed by atoms with Crippen LogP contribution in [0, 0.1) is 0 Å². The smallest absolute Gasteiger partial charge is 0.260 e. The van der Waals surface area contributed by atoms with E-state index in [2.05, 4.69) is 0 Å². The van der Waals surface area contributed by atoms with Crippen molar-refractivity contribution in [1.29, 1.82) is 0 Å². The normalized spacial score (nSPS) is 23.3. The van der Waals surface area contributed by atoms with E-state index in [1.54, 1.807) is 29.0 Å². The Morgan fingerprint density at radius 2 is 1.91 bits per heavy atom. The van der Waals surface area contributed by atoms with Crippen molar-refractivity contribution in [1.82, 2.24) is 9.80 Å². The van der Waals surface area contributed by atoms with Gasteiger partial charge in [0.05, 0.1) is 10.8 Å². The molecular formula is C16H20N2O4S. The van der Waals surface area contributed by atoms with Gasteiger partial charge in [-0.1, -0.05) is 18.2 Å². The molecule has 0 aromatic heterocycles. The SMILES string of the molecule is CN1C(=O)CS(=O)C12CCN(C(=O)COc1ccccc1)CC2. The van der Waals surface area contributed by atoms with Gasteiger partial charge in [-0.25, -0.2) is 0 Å². The van der Waals surface area contributed by atoms with E-state index in [1.165, 1.54) is 0 Å². The number of likely N-dealkylation sites (tertiary alicyclic amines) is 1. The van der Waals surface area contributed by atoms with Crippen LogP contribution in [-0.2, 0) is 20.4 Å². The third-order valence-corrected chi connectivity index (χ3v) is 6.71. The number of nitrogens with zero attached hydrogens (tertiary/aromatic N) is 2. The Hall–Kier alpha value is -1.89. The van der Waals surface area contributed by atoms with Crippen molar-refractivity contribution < 1.29 is 18.5 Å². The van der Waals surface area contributed by atoms with Gasteiger partial charge in [0, 0.05) is 33.0 Å². The first kappa shape index (κ1) is 16.0. The standard InChI is InChI=1S/C16H20N2O4S/c1-17-15(20)12-23(21)16(17)7-9-18(10-8-16)14(19)11-22-13-5-3-2-4-6-13/h2-6H,7-12H2,1H3. The number of para-hydroxylation sites is 1. The van der Waals surface area contributed by atoms with Gasteiger partial charge in [0.1, 0.15) is 16.4 Å². The van der Waals surface area contributed by atoms with Gasteiger partial charge in [0.2, 0.25) is 5.91 Å². The summed E-state index contributed by atoms with van der Waals surface area (Å²) in [4.78, 5) is 26.8. The molecule has 6 nitrogen and oxygen atoms in total. The van der Waals surface area contributed by atoms with Crippen LogP contribution >= 0.6 is 0 Å². The van der Waals surface area contributed by atoms with Crippen LogP contribution in [0.2, 0.25) is 0 Å². The number of ether oxygens (including phenoxy) is 1. The Morgan fingerprint density at radius 1 is 1.26 bits per heavy atom. The molecule has 1 aromatic carbocycles. The zero-order chi connectivity index (χ0) is 16.4. The van der Waals surface area contributed by atoms with Crippen LogP contribution in [0.15, 0.2) is 30.3 Å². The van der Waals surface area contributed by atoms with E-state index < -0.39 is 15.7 Å². The predicted octanol–water partition coefficient (Wildman–Crippen LogP) is 0.605. The van der Waals surface area contributed by atoms with Gasteiger partial charge in [0.25, 0.3) is 5.91 Å². The monoisotopic (exact) mass is 336 g/mol. The number of hydrogen-bond acceptors (Lipinski definition) is 4. The first-order valence-corrected chi connectivity index (χ1v) is 8.95. The molecule has 2 aliphatic heterocycles. The number of carbonyl (C=O) groups is 2. The van der Waals surface area contributed by atoms with Crippen LogP contribution in [-0.4, -0.2) is 63.2 Å². The van der Waals surface area contributed by atoms with E-state index in [0.717, 1.165) is 0 Å². The highest BCUT2D eigenvalue weighted by molar-refractivity contribution is 7.87. The van der Waals surface area contributed by atoms with Gasteiger partial charge in [-0.15, -0.1) is 0 Å². The van der Waals surface area contributed by atoms with Crippen LogP contribution in [0.3, 0.4) is 0 Å². The maximum absolute atomic E-state index is 12.3. The van der Waals surface area contributed by atoms with Crippen molar-refractivity contribution in [3.05, 3.63) is 30.3 Å². The fourth-order valence-corrected chi connectivity index (χ4v) is 4.88. The van der Waals surface area contributed by atoms with Crippen LogP contribution in [0.1, 0.15) is 12.8 Å². The minimum Gasteiger partial charge on any atom is -0.484 e. The fourth-order valence-electron chi connectivity index (χ4n) is 3.14. The van der Waals surface area contributed by atoms with Gasteiger partial charge in [0.15, 0.2) is 6.61 Å². The molecule has 23 heavy (non-hydrogen) atoms. The van der Waals surface area contributed by atoms with E-state index in [4.69, 9.17) is 4.74 Å². The van der Waals surface area contributed by atoms with Gasteiger partial charge in [-0.2, -0.15) is 0 Å². The first-order valence-electron chi connectivity index (χ1n) is 7.64. The van der Waals surface area contributed by atoms with Crippen molar-refractivity contribution in [2.24, 2.45) is 0 Å². The van der Waals surface area contributed by atoms with Gasteiger partial charge in [-0.05, 0) is 12.1 Å². The highest BCUT2D eigenvalue weighted by atomic mass is 32.2. The third-order valence-electron chi connectivity index (χ3n) is 4.67. The second kappa shape index (κ2) is 6.31. The van der Waals surface area contributed by atoms with Crippen LogP contribution in [0.4, 0.5) is 0 Å². The van der Waals surface area contributed by atoms with E-state index in [1.807, 2.05) is 18.2 Å². The average molecular weight is 336 g/mol. The molecule has 2 amide bonds. The van der Waals surface area contributed by atoms with Crippen molar-refractivity contribution in [2.45, 2.75) is 17.7 Å².